The van der Waals surface area contributed by atoms with Gasteiger partial charge in [0.05, 0.1) is 12.8 Å². The molecule has 0 radical (unpaired) electrons. The van der Waals surface area contributed by atoms with E-state index in [0.29, 0.717) is 11.6 Å². The summed E-state index contributed by atoms with van der Waals surface area (Å²) in [5, 5.41) is 10.2. The van der Waals surface area contributed by atoms with Gasteiger partial charge in [-0.05, 0) is 42.2 Å². The Labute approximate surface area is 132 Å². The molecule has 2 heterocycles. The van der Waals surface area contributed by atoms with Gasteiger partial charge in [0, 0.05) is 10.6 Å². The van der Waals surface area contributed by atoms with Crippen molar-refractivity contribution in [1.82, 2.24) is 14.8 Å². The van der Waals surface area contributed by atoms with Crippen LogP contribution in [0.5, 0.6) is 0 Å². The molecule has 0 aliphatic heterocycles. The second-order valence-corrected chi connectivity index (χ2v) is 6.08. The van der Waals surface area contributed by atoms with Gasteiger partial charge in [0.25, 0.3) is 0 Å². The molecule has 0 saturated heterocycles. The van der Waals surface area contributed by atoms with Gasteiger partial charge in [-0.15, -0.1) is 10.2 Å². The molecule has 3 rings (SSSR count). The molecule has 21 heavy (non-hydrogen) atoms. The number of furan rings is 1. The third-order valence-electron chi connectivity index (χ3n) is 2.99. The Hall–Kier alpha value is -1.72. The molecule has 0 fully saturated rings. The lowest BCUT2D eigenvalue weighted by Gasteiger charge is -2.08. The highest BCUT2D eigenvalue weighted by molar-refractivity contribution is 7.99. The molecule has 0 aliphatic carbocycles. The Morgan fingerprint density at radius 3 is 2.67 bits per heavy atom. The van der Waals surface area contributed by atoms with Crippen molar-refractivity contribution in [3.8, 4) is 11.4 Å². The number of hydrogen-bond donors (Lipinski definition) is 0. The molecule has 3 aromatic rings. The third-order valence-corrected chi connectivity index (χ3v) is 4.09. The van der Waals surface area contributed by atoms with Gasteiger partial charge in [-0.25, -0.2) is 0 Å². The monoisotopic (exact) mass is 319 g/mol. The highest BCUT2D eigenvalue weighted by atomic mass is 35.5. The first kappa shape index (κ1) is 14.2. The maximum absolute atomic E-state index is 5.95. The summed E-state index contributed by atoms with van der Waals surface area (Å²) >= 11 is 7.61. The second kappa shape index (κ2) is 6.37. The van der Waals surface area contributed by atoms with E-state index in [2.05, 4.69) is 21.7 Å². The van der Waals surface area contributed by atoms with Crippen molar-refractivity contribution in [3.05, 3.63) is 53.4 Å². The van der Waals surface area contributed by atoms with Crippen molar-refractivity contribution in [3.63, 3.8) is 0 Å². The Morgan fingerprint density at radius 1 is 1.19 bits per heavy atom. The Morgan fingerprint density at radius 2 is 2.00 bits per heavy atom. The third kappa shape index (κ3) is 3.14. The molecule has 0 N–H and O–H groups in total. The SMILES string of the molecule is CCSc1nnc(-c2ccc(Cl)cc2)n1Cc1ccco1. The number of halogens is 1. The van der Waals surface area contributed by atoms with Crippen LogP contribution in [0.15, 0.2) is 52.2 Å². The molecular weight excluding hydrogens is 306 g/mol. The van der Waals surface area contributed by atoms with Gasteiger partial charge >= 0.3 is 0 Å². The van der Waals surface area contributed by atoms with Gasteiger partial charge in [0.15, 0.2) is 11.0 Å². The fourth-order valence-corrected chi connectivity index (χ4v) is 2.83. The van der Waals surface area contributed by atoms with Gasteiger partial charge in [-0.2, -0.15) is 0 Å². The quantitative estimate of drug-likeness (QED) is 0.656. The Kier molecular flexibility index (Phi) is 4.31. The average molecular weight is 320 g/mol. The minimum absolute atomic E-state index is 0.611. The Bertz CT molecular complexity index is 707. The predicted molar refractivity (Wildman–Crippen MR) is 84.7 cm³/mol. The number of thioether (sulfide) groups is 1. The topological polar surface area (TPSA) is 43.9 Å². The van der Waals surface area contributed by atoms with Crippen molar-refractivity contribution in [2.45, 2.75) is 18.6 Å². The number of aromatic nitrogens is 3. The van der Waals surface area contributed by atoms with Crippen molar-refractivity contribution >= 4 is 23.4 Å². The summed E-state index contributed by atoms with van der Waals surface area (Å²) in [6.45, 7) is 2.71. The van der Waals surface area contributed by atoms with E-state index in [1.54, 1.807) is 18.0 Å². The predicted octanol–water partition coefficient (Wildman–Crippen LogP) is 4.35. The zero-order valence-corrected chi connectivity index (χ0v) is 13.1. The van der Waals surface area contributed by atoms with Crippen LogP contribution < -0.4 is 0 Å². The lowest BCUT2D eigenvalue weighted by atomic mass is 10.2. The lowest BCUT2D eigenvalue weighted by Crippen LogP contribution is -2.03. The highest BCUT2D eigenvalue weighted by Gasteiger charge is 2.15. The number of benzene rings is 1. The van der Waals surface area contributed by atoms with Gasteiger partial charge in [0.1, 0.15) is 5.76 Å². The molecule has 4 nitrogen and oxygen atoms in total. The van der Waals surface area contributed by atoms with Gasteiger partial charge in [0.2, 0.25) is 0 Å². The minimum Gasteiger partial charge on any atom is -0.467 e. The van der Waals surface area contributed by atoms with Gasteiger partial charge in [-0.1, -0.05) is 30.3 Å². The first-order valence-corrected chi connectivity index (χ1v) is 7.98. The van der Waals surface area contributed by atoms with E-state index in [-0.39, 0.29) is 0 Å². The maximum atomic E-state index is 5.95. The molecule has 0 unspecified atom stereocenters. The molecule has 0 aliphatic rings. The van der Waals surface area contributed by atoms with Crippen molar-refractivity contribution in [1.29, 1.82) is 0 Å². The summed E-state index contributed by atoms with van der Waals surface area (Å²) in [7, 11) is 0. The largest absolute Gasteiger partial charge is 0.467 e. The van der Waals surface area contributed by atoms with Crippen LogP contribution in [0.3, 0.4) is 0 Å². The summed E-state index contributed by atoms with van der Waals surface area (Å²) < 4.78 is 7.51. The standard InChI is InChI=1S/C15H14ClN3OS/c1-2-21-15-18-17-14(11-5-7-12(16)8-6-11)19(15)10-13-4-3-9-20-13/h3-9H,2,10H2,1H3. The van der Waals surface area contributed by atoms with Crippen LogP contribution in [-0.2, 0) is 6.54 Å². The molecule has 1 aromatic carbocycles. The van der Waals surface area contributed by atoms with Gasteiger partial charge < -0.3 is 4.42 Å². The molecule has 0 spiro atoms. The van der Waals surface area contributed by atoms with Crippen LogP contribution >= 0.6 is 23.4 Å². The normalized spacial score (nSPS) is 11.0. The molecule has 0 saturated carbocycles. The van der Waals surface area contributed by atoms with E-state index in [1.165, 1.54) is 0 Å². The fourth-order valence-electron chi connectivity index (χ4n) is 2.04. The van der Waals surface area contributed by atoms with Crippen LogP contribution in [0, 0.1) is 0 Å². The lowest BCUT2D eigenvalue weighted by molar-refractivity contribution is 0.485. The molecular formula is C15H14ClN3OS. The smallest absolute Gasteiger partial charge is 0.191 e. The van der Waals surface area contributed by atoms with Crippen LogP contribution in [-0.4, -0.2) is 20.5 Å². The van der Waals surface area contributed by atoms with E-state index in [9.17, 15) is 0 Å². The molecule has 0 amide bonds. The van der Waals surface area contributed by atoms with E-state index in [4.69, 9.17) is 16.0 Å². The number of nitrogens with zero attached hydrogens (tertiary/aromatic N) is 3. The maximum Gasteiger partial charge on any atom is 0.191 e. The van der Waals surface area contributed by atoms with E-state index >= 15 is 0 Å². The first-order valence-electron chi connectivity index (χ1n) is 6.62. The van der Waals surface area contributed by atoms with Crippen molar-refractivity contribution in [2.24, 2.45) is 0 Å². The van der Waals surface area contributed by atoms with E-state index in [1.807, 2.05) is 36.4 Å². The minimum atomic E-state index is 0.611. The van der Waals surface area contributed by atoms with Crippen molar-refractivity contribution < 1.29 is 4.42 Å². The molecule has 2 aromatic heterocycles. The fraction of sp³-hybridized carbons (Fsp3) is 0.200. The van der Waals surface area contributed by atoms with Crippen LogP contribution in [0.2, 0.25) is 5.02 Å². The molecule has 0 atom stereocenters. The number of hydrogen-bond acceptors (Lipinski definition) is 4. The van der Waals surface area contributed by atoms with Crippen LogP contribution in [0.25, 0.3) is 11.4 Å². The summed E-state index contributed by atoms with van der Waals surface area (Å²) in [4.78, 5) is 0. The summed E-state index contributed by atoms with van der Waals surface area (Å²) in [5.41, 5.74) is 0.987. The molecule has 108 valence electrons. The zero-order chi connectivity index (χ0) is 14.7. The van der Waals surface area contributed by atoms with E-state index < -0.39 is 0 Å². The summed E-state index contributed by atoms with van der Waals surface area (Å²) in [6, 6.07) is 11.4. The van der Waals surface area contributed by atoms with Crippen LogP contribution in [0.1, 0.15) is 12.7 Å². The Balaban J connectivity index is 2.01. The summed E-state index contributed by atoms with van der Waals surface area (Å²) in [5.74, 6) is 2.64. The molecule has 6 heteroatoms. The van der Waals surface area contributed by atoms with Crippen molar-refractivity contribution in [2.75, 3.05) is 5.75 Å². The van der Waals surface area contributed by atoms with Gasteiger partial charge in [-0.3, -0.25) is 4.57 Å². The first-order chi connectivity index (χ1) is 10.3. The zero-order valence-electron chi connectivity index (χ0n) is 11.5. The highest BCUT2D eigenvalue weighted by Crippen LogP contribution is 2.26. The summed E-state index contributed by atoms with van der Waals surface area (Å²) in [6.07, 6.45) is 1.67. The second-order valence-electron chi connectivity index (χ2n) is 4.41. The molecule has 0 bridgehead atoms. The van der Waals surface area contributed by atoms with Crippen LogP contribution in [0.4, 0.5) is 0 Å². The number of rotatable bonds is 5. The average Bonchev–Trinajstić information content (AvgIpc) is 3.12. The van der Waals surface area contributed by atoms with E-state index in [0.717, 1.165) is 28.1 Å².